The Kier molecular flexibility index (Phi) is 3.64. The zero-order chi connectivity index (χ0) is 14.1. The highest BCUT2D eigenvalue weighted by molar-refractivity contribution is 6.33. The Morgan fingerprint density at radius 2 is 2.05 bits per heavy atom. The molecule has 0 fully saturated rings. The molecule has 0 amide bonds. The largest absolute Gasteiger partial charge is 0.488 e. The van der Waals surface area contributed by atoms with Gasteiger partial charge in [-0.05, 0) is 36.6 Å². The van der Waals surface area contributed by atoms with E-state index < -0.39 is 0 Å². The number of hydrogen-bond acceptors (Lipinski definition) is 2. The Balaban J connectivity index is 2.16. The second kappa shape index (κ2) is 5.43. The first-order valence-electron chi connectivity index (χ1n) is 6.63. The molecule has 0 aromatic heterocycles. The summed E-state index contributed by atoms with van der Waals surface area (Å²) in [5.41, 5.74) is 8.04. The predicted octanol–water partition coefficient (Wildman–Crippen LogP) is 3.80. The van der Waals surface area contributed by atoms with Crippen LogP contribution in [0, 0.1) is 5.82 Å². The standard InChI is InChI=1S/C16H15ClFNO/c17-15-4-2-1-3-13(15)14-8-11(18)7-10-5-6-12(9-19)20-16(10)14/h1-4,7-8,12H,5-6,9,19H2/t12-/m0/s1. The molecule has 4 heteroatoms. The molecule has 2 nitrogen and oxygen atoms in total. The SMILES string of the molecule is NC[C@@H]1CCc2cc(F)cc(-c3ccccc3Cl)c2O1. The summed E-state index contributed by atoms with van der Waals surface area (Å²) < 4.78 is 19.8. The van der Waals surface area contributed by atoms with Crippen molar-refractivity contribution in [2.24, 2.45) is 5.73 Å². The molecule has 2 aromatic rings. The van der Waals surface area contributed by atoms with Crippen LogP contribution in [0.25, 0.3) is 11.1 Å². The number of halogens is 2. The summed E-state index contributed by atoms with van der Waals surface area (Å²) in [5.74, 6) is 0.440. The average molecular weight is 292 g/mol. The number of hydrogen-bond donors (Lipinski definition) is 1. The van der Waals surface area contributed by atoms with Gasteiger partial charge in [0.25, 0.3) is 0 Å². The van der Waals surface area contributed by atoms with Crippen molar-refractivity contribution in [1.29, 1.82) is 0 Å². The number of benzene rings is 2. The van der Waals surface area contributed by atoms with E-state index in [4.69, 9.17) is 22.1 Å². The predicted molar refractivity (Wildman–Crippen MR) is 78.6 cm³/mol. The Morgan fingerprint density at radius 1 is 1.25 bits per heavy atom. The van der Waals surface area contributed by atoms with Crippen molar-refractivity contribution in [2.45, 2.75) is 18.9 Å². The minimum atomic E-state index is -0.270. The minimum Gasteiger partial charge on any atom is -0.488 e. The van der Waals surface area contributed by atoms with Gasteiger partial charge in [0, 0.05) is 22.7 Å². The molecule has 0 spiro atoms. The summed E-state index contributed by atoms with van der Waals surface area (Å²) in [5, 5.41) is 0.582. The van der Waals surface area contributed by atoms with Gasteiger partial charge in [-0.1, -0.05) is 29.8 Å². The van der Waals surface area contributed by atoms with Crippen LogP contribution in [0.4, 0.5) is 4.39 Å². The van der Waals surface area contributed by atoms with Gasteiger partial charge in [-0.25, -0.2) is 4.39 Å². The summed E-state index contributed by atoms with van der Waals surface area (Å²) in [4.78, 5) is 0. The van der Waals surface area contributed by atoms with Crippen LogP contribution >= 0.6 is 11.6 Å². The third kappa shape index (κ3) is 2.39. The number of aryl methyl sites for hydroxylation is 1. The van der Waals surface area contributed by atoms with Gasteiger partial charge in [0.05, 0.1) is 0 Å². The summed E-state index contributed by atoms with van der Waals surface area (Å²) in [6.07, 6.45) is 1.57. The van der Waals surface area contributed by atoms with Crippen molar-refractivity contribution in [3.63, 3.8) is 0 Å². The molecule has 2 N–H and O–H groups in total. The molecule has 0 bridgehead atoms. The van der Waals surface area contributed by atoms with E-state index in [1.54, 1.807) is 6.07 Å². The molecule has 0 saturated carbocycles. The van der Waals surface area contributed by atoms with Gasteiger partial charge in [0.15, 0.2) is 0 Å². The van der Waals surface area contributed by atoms with E-state index in [1.165, 1.54) is 12.1 Å². The smallest absolute Gasteiger partial charge is 0.131 e. The molecule has 104 valence electrons. The van der Waals surface area contributed by atoms with Gasteiger partial charge < -0.3 is 10.5 Å². The van der Waals surface area contributed by atoms with E-state index >= 15 is 0 Å². The third-order valence-electron chi connectivity index (χ3n) is 3.58. The van der Waals surface area contributed by atoms with Crippen LogP contribution in [0.5, 0.6) is 5.75 Å². The quantitative estimate of drug-likeness (QED) is 0.913. The van der Waals surface area contributed by atoms with Gasteiger partial charge in [-0.2, -0.15) is 0 Å². The topological polar surface area (TPSA) is 35.2 Å². The fraction of sp³-hybridized carbons (Fsp3) is 0.250. The van der Waals surface area contributed by atoms with Crippen molar-refractivity contribution < 1.29 is 9.13 Å². The Bertz CT molecular complexity index is 644. The molecule has 20 heavy (non-hydrogen) atoms. The molecule has 0 saturated heterocycles. The van der Waals surface area contributed by atoms with Gasteiger partial charge in [-0.15, -0.1) is 0 Å². The van der Waals surface area contributed by atoms with Crippen LogP contribution in [0.15, 0.2) is 36.4 Å². The average Bonchev–Trinajstić information content (AvgIpc) is 2.46. The number of ether oxygens (including phenoxy) is 1. The first kappa shape index (κ1) is 13.4. The summed E-state index contributed by atoms with van der Waals surface area (Å²) in [6.45, 7) is 0.457. The maximum Gasteiger partial charge on any atom is 0.131 e. The molecule has 2 aromatic carbocycles. The van der Waals surface area contributed by atoms with Crippen molar-refractivity contribution in [3.05, 3.63) is 52.8 Å². The lowest BCUT2D eigenvalue weighted by Gasteiger charge is -2.27. The first-order valence-corrected chi connectivity index (χ1v) is 7.01. The van der Waals surface area contributed by atoms with Crippen molar-refractivity contribution in [2.75, 3.05) is 6.54 Å². The minimum absolute atomic E-state index is 0.0193. The highest BCUT2D eigenvalue weighted by atomic mass is 35.5. The van der Waals surface area contributed by atoms with Gasteiger partial charge >= 0.3 is 0 Å². The molecule has 0 radical (unpaired) electrons. The van der Waals surface area contributed by atoms with E-state index in [0.29, 0.717) is 22.9 Å². The molecule has 0 unspecified atom stereocenters. The molecule has 3 rings (SSSR count). The lowest BCUT2D eigenvalue weighted by molar-refractivity contribution is 0.182. The van der Waals surface area contributed by atoms with Crippen molar-refractivity contribution >= 4 is 11.6 Å². The fourth-order valence-corrected chi connectivity index (χ4v) is 2.80. The third-order valence-corrected chi connectivity index (χ3v) is 3.91. The van der Waals surface area contributed by atoms with E-state index in [1.807, 2.05) is 18.2 Å². The molecule has 1 aliphatic rings. The molecular formula is C16H15ClFNO. The van der Waals surface area contributed by atoms with Crippen LogP contribution in [-0.4, -0.2) is 12.6 Å². The Labute approximate surface area is 122 Å². The van der Waals surface area contributed by atoms with Gasteiger partial charge in [0.2, 0.25) is 0 Å². The summed E-state index contributed by atoms with van der Waals surface area (Å²) >= 11 is 6.22. The second-order valence-electron chi connectivity index (χ2n) is 4.94. The van der Waals surface area contributed by atoms with Crippen molar-refractivity contribution in [3.8, 4) is 16.9 Å². The Hall–Kier alpha value is -1.58. The van der Waals surface area contributed by atoms with Crippen LogP contribution in [0.3, 0.4) is 0 Å². The fourth-order valence-electron chi connectivity index (χ4n) is 2.56. The van der Waals surface area contributed by atoms with Crippen LogP contribution in [0.2, 0.25) is 5.02 Å². The number of fused-ring (bicyclic) bond motifs is 1. The van der Waals surface area contributed by atoms with E-state index in [9.17, 15) is 4.39 Å². The monoisotopic (exact) mass is 291 g/mol. The molecule has 1 atom stereocenters. The van der Waals surface area contributed by atoms with Crippen LogP contribution in [0.1, 0.15) is 12.0 Å². The first-order chi connectivity index (χ1) is 9.69. The zero-order valence-corrected chi connectivity index (χ0v) is 11.7. The molecular weight excluding hydrogens is 277 g/mol. The van der Waals surface area contributed by atoms with Crippen LogP contribution in [-0.2, 0) is 6.42 Å². The maximum absolute atomic E-state index is 13.8. The summed E-state index contributed by atoms with van der Waals surface area (Å²) in [6, 6.07) is 10.4. The normalized spacial score (nSPS) is 17.4. The molecule has 0 aliphatic carbocycles. The van der Waals surface area contributed by atoms with E-state index in [0.717, 1.165) is 24.0 Å². The van der Waals surface area contributed by atoms with Crippen LogP contribution < -0.4 is 10.5 Å². The van der Waals surface area contributed by atoms with E-state index in [2.05, 4.69) is 0 Å². The molecule has 1 heterocycles. The highest BCUT2D eigenvalue weighted by Crippen LogP contribution is 2.40. The Morgan fingerprint density at radius 3 is 2.80 bits per heavy atom. The zero-order valence-electron chi connectivity index (χ0n) is 10.9. The van der Waals surface area contributed by atoms with E-state index in [-0.39, 0.29) is 11.9 Å². The van der Waals surface area contributed by atoms with Crippen molar-refractivity contribution in [1.82, 2.24) is 0 Å². The lowest BCUT2D eigenvalue weighted by atomic mass is 9.95. The van der Waals surface area contributed by atoms with Gasteiger partial charge in [-0.3, -0.25) is 0 Å². The second-order valence-corrected chi connectivity index (χ2v) is 5.34. The highest BCUT2D eigenvalue weighted by Gasteiger charge is 2.23. The number of nitrogens with two attached hydrogens (primary N) is 1. The maximum atomic E-state index is 13.8. The van der Waals surface area contributed by atoms with Gasteiger partial charge in [0.1, 0.15) is 17.7 Å². The molecule has 1 aliphatic heterocycles. The summed E-state index contributed by atoms with van der Waals surface area (Å²) in [7, 11) is 0. The number of rotatable bonds is 2. The lowest BCUT2D eigenvalue weighted by Crippen LogP contribution is -2.30.